The van der Waals surface area contributed by atoms with E-state index in [2.05, 4.69) is 5.10 Å². The Morgan fingerprint density at radius 2 is 2.05 bits per heavy atom. The van der Waals surface area contributed by atoms with Crippen molar-refractivity contribution in [2.45, 2.75) is 0 Å². The van der Waals surface area contributed by atoms with Gasteiger partial charge in [0.15, 0.2) is 0 Å². The van der Waals surface area contributed by atoms with Crippen molar-refractivity contribution in [3.05, 3.63) is 48.3 Å². The highest BCUT2D eigenvalue weighted by Gasteiger charge is 2.16. The number of nitrogen functional groups attached to an aromatic ring is 1. The van der Waals surface area contributed by atoms with Crippen molar-refractivity contribution >= 4 is 22.7 Å². The number of rotatable bonds is 1. The van der Waals surface area contributed by atoms with E-state index in [0.29, 0.717) is 27.8 Å². The summed E-state index contributed by atoms with van der Waals surface area (Å²) in [5.41, 5.74) is 7.51. The lowest BCUT2D eigenvalue weighted by atomic mass is 10.1. The van der Waals surface area contributed by atoms with Crippen LogP contribution in [0.1, 0.15) is 0 Å². The van der Waals surface area contributed by atoms with Gasteiger partial charge in [0.05, 0.1) is 5.52 Å². The number of aromatic nitrogens is 2. The minimum absolute atomic E-state index is 0.384. The molecular weight excluding hydrogens is 261 g/mol. The Morgan fingerprint density at radius 1 is 1.25 bits per heavy atom. The summed E-state index contributed by atoms with van der Waals surface area (Å²) in [6.07, 6.45) is -1.21. The van der Waals surface area contributed by atoms with Crippen LogP contribution in [0.4, 0.5) is 14.9 Å². The molecule has 2 aromatic carbocycles. The predicted octanol–water partition coefficient (Wildman–Crippen LogP) is 2.95. The number of carbonyl (C=O) groups is 1. The zero-order valence-electron chi connectivity index (χ0n) is 10.2. The highest BCUT2D eigenvalue weighted by molar-refractivity contribution is 5.98. The molecule has 0 amide bonds. The third-order valence-corrected chi connectivity index (χ3v) is 2.98. The molecule has 0 bridgehead atoms. The second kappa shape index (κ2) is 4.34. The molecule has 0 radical (unpaired) electrons. The highest BCUT2D eigenvalue weighted by Crippen LogP contribution is 2.29. The molecule has 0 atom stereocenters. The summed E-state index contributed by atoms with van der Waals surface area (Å²) in [5.74, 6) is -0.413. The molecule has 0 spiro atoms. The molecule has 0 saturated carbocycles. The number of hydrogen-bond acceptors (Lipinski definition) is 3. The van der Waals surface area contributed by atoms with E-state index in [4.69, 9.17) is 10.8 Å². The Labute approximate surface area is 113 Å². The van der Waals surface area contributed by atoms with Gasteiger partial charge < -0.3 is 10.8 Å². The Hall–Kier alpha value is -2.89. The summed E-state index contributed by atoms with van der Waals surface area (Å²) >= 11 is 0. The maximum absolute atomic E-state index is 13.3. The second-order valence-electron chi connectivity index (χ2n) is 4.33. The third-order valence-electron chi connectivity index (χ3n) is 2.98. The van der Waals surface area contributed by atoms with Crippen molar-refractivity contribution in [1.82, 2.24) is 9.78 Å². The Morgan fingerprint density at radius 3 is 2.75 bits per heavy atom. The van der Waals surface area contributed by atoms with E-state index in [-0.39, 0.29) is 0 Å². The van der Waals surface area contributed by atoms with Crippen molar-refractivity contribution in [3.63, 3.8) is 0 Å². The van der Waals surface area contributed by atoms with Crippen LogP contribution in [0.2, 0.25) is 0 Å². The van der Waals surface area contributed by atoms with Crippen LogP contribution in [0, 0.1) is 5.82 Å². The fourth-order valence-corrected chi connectivity index (χ4v) is 2.13. The van der Waals surface area contributed by atoms with E-state index in [1.165, 1.54) is 12.1 Å². The van der Waals surface area contributed by atoms with Gasteiger partial charge in [0.1, 0.15) is 11.5 Å². The first-order valence-electron chi connectivity index (χ1n) is 5.84. The fourth-order valence-electron chi connectivity index (χ4n) is 2.13. The first-order chi connectivity index (χ1) is 9.56. The highest BCUT2D eigenvalue weighted by atomic mass is 19.1. The van der Waals surface area contributed by atoms with Crippen LogP contribution in [0.25, 0.3) is 22.2 Å². The van der Waals surface area contributed by atoms with E-state index in [9.17, 15) is 9.18 Å². The molecule has 20 heavy (non-hydrogen) atoms. The molecule has 0 fully saturated rings. The zero-order chi connectivity index (χ0) is 14.3. The second-order valence-corrected chi connectivity index (χ2v) is 4.33. The van der Waals surface area contributed by atoms with Crippen molar-refractivity contribution in [2.75, 3.05) is 5.73 Å². The van der Waals surface area contributed by atoms with E-state index < -0.39 is 11.9 Å². The standard InChI is InChI=1S/C14H10FN3O2/c15-9-3-1-2-8(6-9)13-11-7-10(16)4-5-12(11)18(17-13)14(19)20/h1-7H,16H2,(H,19,20). The van der Waals surface area contributed by atoms with Gasteiger partial charge in [-0.2, -0.15) is 9.78 Å². The number of nitrogens with zero attached hydrogens (tertiary/aromatic N) is 2. The van der Waals surface area contributed by atoms with Gasteiger partial charge in [0.2, 0.25) is 0 Å². The van der Waals surface area contributed by atoms with Crippen LogP contribution in [-0.4, -0.2) is 21.0 Å². The molecule has 5 nitrogen and oxygen atoms in total. The van der Waals surface area contributed by atoms with E-state index >= 15 is 0 Å². The maximum Gasteiger partial charge on any atom is 0.432 e. The summed E-state index contributed by atoms with van der Waals surface area (Å²) < 4.78 is 14.2. The Balaban J connectivity index is 2.35. The normalized spacial score (nSPS) is 10.8. The van der Waals surface area contributed by atoms with Gasteiger partial charge >= 0.3 is 6.09 Å². The van der Waals surface area contributed by atoms with Crippen LogP contribution in [-0.2, 0) is 0 Å². The molecule has 0 saturated heterocycles. The van der Waals surface area contributed by atoms with Crippen molar-refractivity contribution in [3.8, 4) is 11.3 Å². The molecule has 100 valence electrons. The number of carboxylic acid groups (broad SMARTS) is 1. The summed E-state index contributed by atoms with van der Waals surface area (Å²) in [6.45, 7) is 0. The molecule has 6 heteroatoms. The summed E-state index contributed by atoms with van der Waals surface area (Å²) in [4.78, 5) is 11.2. The lowest BCUT2D eigenvalue weighted by Gasteiger charge is -1.98. The largest absolute Gasteiger partial charge is 0.463 e. The number of halogens is 1. The van der Waals surface area contributed by atoms with Crippen LogP contribution >= 0.6 is 0 Å². The van der Waals surface area contributed by atoms with E-state index in [0.717, 1.165) is 4.68 Å². The minimum atomic E-state index is -1.21. The quantitative estimate of drug-likeness (QED) is 0.667. The average molecular weight is 271 g/mol. The SMILES string of the molecule is Nc1ccc2c(c1)c(-c1cccc(F)c1)nn2C(=O)O. The predicted molar refractivity (Wildman–Crippen MR) is 73.0 cm³/mol. The van der Waals surface area contributed by atoms with Crippen LogP contribution in [0.3, 0.4) is 0 Å². The smallest absolute Gasteiger partial charge is 0.432 e. The molecule has 0 aliphatic carbocycles. The van der Waals surface area contributed by atoms with Crippen LogP contribution in [0.15, 0.2) is 42.5 Å². The molecule has 3 N–H and O–H groups in total. The van der Waals surface area contributed by atoms with Gasteiger partial charge in [-0.25, -0.2) is 9.18 Å². The Bertz CT molecular complexity index is 826. The van der Waals surface area contributed by atoms with Crippen molar-refractivity contribution < 1.29 is 14.3 Å². The molecule has 1 heterocycles. The molecule has 0 aliphatic heterocycles. The van der Waals surface area contributed by atoms with Gasteiger partial charge in [-0.1, -0.05) is 12.1 Å². The van der Waals surface area contributed by atoms with E-state index in [1.54, 1.807) is 30.3 Å². The van der Waals surface area contributed by atoms with Gasteiger partial charge in [-0.3, -0.25) is 0 Å². The van der Waals surface area contributed by atoms with Crippen molar-refractivity contribution in [2.24, 2.45) is 0 Å². The maximum atomic E-state index is 13.3. The number of fused-ring (bicyclic) bond motifs is 1. The number of anilines is 1. The number of hydrogen-bond donors (Lipinski definition) is 2. The monoisotopic (exact) mass is 271 g/mol. The van der Waals surface area contributed by atoms with Gasteiger partial charge in [0.25, 0.3) is 0 Å². The first-order valence-corrected chi connectivity index (χ1v) is 5.84. The minimum Gasteiger partial charge on any atom is -0.463 e. The molecular formula is C14H10FN3O2. The van der Waals surface area contributed by atoms with Crippen LogP contribution in [0.5, 0.6) is 0 Å². The molecule has 3 aromatic rings. The van der Waals surface area contributed by atoms with Gasteiger partial charge in [0, 0.05) is 16.6 Å². The number of benzene rings is 2. The summed E-state index contributed by atoms with van der Waals surface area (Å²) in [7, 11) is 0. The van der Waals surface area contributed by atoms with Gasteiger partial charge in [-0.05, 0) is 30.3 Å². The fraction of sp³-hybridized carbons (Fsp3) is 0. The number of nitrogens with two attached hydrogens (primary N) is 1. The zero-order valence-corrected chi connectivity index (χ0v) is 10.2. The molecule has 0 unspecified atom stereocenters. The summed E-state index contributed by atoms with van der Waals surface area (Å²) in [6, 6.07) is 10.6. The summed E-state index contributed by atoms with van der Waals surface area (Å²) in [5, 5.41) is 13.8. The molecule has 3 rings (SSSR count). The molecule has 1 aromatic heterocycles. The van der Waals surface area contributed by atoms with E-state index in [1.807, 2.05) is 0 Å². The average Bonchev–Trinajstić information content (AvgIpc) is 2.77. The molecule has 0 aliphatic rings. The van der Waals surface area contributed by atoms with Crippen LogP contribution < -0.4 is 5.73 Å². The lowest BCUT2D eigenvalue weighted by molar-refractivity contribution is 0.194. The van der Waals surface area contributed by atoms with Crippen molar-refractivity contribution in [1.29, 1.82) is 0 Å². The lowest BCUT2D eigenvalue weighted by Crippen LogP contribution is -2.09. The van der Waals surface area contributed by atoms with Gasteiger partial charge in [-0.15, -0.1) is 0 Å². The topological polar surface area (TPSA) is 81.1 Å². The Kier molecular flexibility index (Phi) is 2.64. The first kappa shape index (κ1) is 12.2. The third kappa shape index (κ3) is 1.87.